The van der Waals surface area contributed by atoms with E-state index >= 15 is 0 Å². The number of ether oxygens (including phenoxy) is 1. The van der Waals surface area contributed by atoms with Gasteiger partial charge in [-0.2, -0.15) is 18.3 Å². The summed E-state index contributed by atoms with van der Waals surface area (Å²) in [7, 11) is 1.60. The molecule has 1 saturated carbocycles. The van der Waals surface area contributed by atoms with Crippen LogP contribution in [0, 0.1) is 0 Å². The summed E-state index contributed by atoms with van der Waals surface area (Å²) in [6.45, 7) is 4.39. The molecule has 1 aliphatic heterocycles. The van der Waals surface area contributed by atoms with Crippen molar-refractivity contribution in [1.82, 2.24) is 20.4 Å². The topological polar surface area (TPSA) is 99.5 Å². The molecule has 1 atom stereocenters. The van der Waals surface area contributed by atoms with Crippen LogP contribution in [0.3, 0.4) is 0 Å². The SMILES string of the molecule is CNC(=O)c1ccc(-c2cc(OC(C)C(F)(F)F)c3c(N)n[nH]c3c2)cc1N1CCN(C2CCCCC2)CC1. The molecular formula is C28H35F3N6O2. The number of nitrogens with one attached hydrogen (secondary N) is 2. The number of rotatable bonds is 6. The van der Waals surface area contributed by atoms with Gasteiger partial charge in [0.15, 0.2) is 11.9 Å². The molecule has 2 aromatic carbocycles. The average Bonchev–Trinajstić information content (AvgIpc) is 3.33. The Kier molecular flexibility index (Phi) is 7.61. The minimum absolute atomic E-state index is 0.00315. The predicted octanol–water partition coefficient (Wildman–Crippen LogP) is 4.96. The lowest BCUT2D eigenvalue weighted by Crippen LogP contribution is -2.51. The van der Waals surface area contributed by atoms with Crippen LogP contribution in [0.2, 0.25) is 0 Å². The number of nitrogens with two attached hydrogens (primary N) is 1. The van der Waals surface area contributed by atoms with Crippen LogP contribution in [0.5, 0.6) is 5.75 Å². The molecule has 1 saturated heterocycles. The molecule has 8 nitrogen and oxygen atoms in total. The average molecular weight is 545 g/mol. The number of carbonyl (C=O) groups excluding carboxylic acids is 1. The Hall–Kier alpha value is -3.47. The molecule has 1 aromatic heterocycles. The highest BCUT2D eigenvalue weighted by molar-refractivity contribution is 6.01. The van der Waals surface area contributed by atoms with Crippen molar-refractivity contribution in [3.05, 3.63) is 35.9 Å². The van der Waals surface area contributed by atoms with Gasteiger partial charge in [0.2, 0.25) is 0 Å². The third-order valence-corrected chi connectivity index (χ3v) is 7.97. The summed E-state index contributed by atoms with van der Waals surface area (Å²) in [5.41, 5.74) is 9.13. The van der Waals surface area contributed by atoms with Gasteiger partial charge in [0, 0.05) is 39.3 Å². The molecule has 4 N–H and O–H groups in total. The first-order valence-corrected chi connectivity index (χ1v) is 13.5. The number of hydrogen-bond acceptors (Lipinski definition) is 6. The van der Waals surface area contributed by atoms with Crippen molar-refractivity contribution in [2.24, 2.45) is 0 Å². The van der Waals surface area contributed by atoms with Gasteiger partial charge in [-0.25, -0.2) is 0 Å². The zero-order chi connectivity index (χ0) is 27.7. The molecule has 210 valence electrons. The lowest BCUT2D eigenvalue weighted by molar-refractivity contribution is -0.188. The van der Waals surface area contributed by atoms with Gasteiger partial charge in [-0.3, -0.25) is 14.8 Å². The summed E-state index contributed by atoms with van der Waals surface area (Å²) >= 11 is 0. The number of carbonyl (C=O) groups is 1. The number of H-pyrrole nitrogens is 1. The fraction of sp³-hybridized carbons (Fsp3) is 0.500. The van der Waals surface area contributed by atoms with Crippen molar-refractivity contribution in [1.29, 1.82) is 0 Å². The Labute approximate surface area is 225 Å². The van der Waals surface area contributed by atoms with Crippen LogP contribution in [-0.4, -0.2) is 72.6 Å². The first-order valence-electron chi connectivity index (χ1n) is 13.5. The minimum atomic E-state index is -4.54. The van der Waals surface area contributed by atoms with Crippen molar-refractivity contribution < 1.29 is 22.7 Å². The summed E-state index contributed by atoms with van der Waals surface area (Å²) in [5, 5.41) is 9.78. The number of halogens is 3. The zero-order valence-corrected chi connectivity index (χ0v) is 22.3. The molecule has 11 heteroatoms. The smallest absolute Gasteiger partial charge is 0.425 e. The number of nitrogens with zero attached hydrogens (tertiary/aromatic N) is 3. The van der Waals surface area contributed by atoms with Gasteiger partial charge >= 0.3 is 6.18 Å². The number of piperazine rings is 1. The highest BCUT2D eigenvalue weighted by Gasteiger charge is 2.38. The molecule has 2 fully saturated rings. The quantitative estimate of drug-likeness (QED) is 0.406. The van der Waals surface area contributed by atoms with Gasteiger partial charge < -0.3 is 20.7 Å². The molecule has 2 aliphatic rings. The fourth-order valence-electron chi connectivity index (χ4n) is 5.73. The van der Waals surface area contributed by atoms with Crippen molar-refractivity contribution in [2.45, 2.75) is 57.3 Å². The van der Waals surface area contributed by atoms with Crippen molar-refractivity contribution in [2.75, 3.05) is 43.9 Å². The minimum Gasteiger partial charge on any atom is -0.480 e. The molecule has 1 unspecified atom stereocenters. The lowest BCUT2D eigenvalue weighted by Gasteiger charge is -2.42. The van der Waals surface area contributed by atoms with Crippen molar-refractivity contribution >= 4 is 28.3 Å². The Morgan fingerprint density at radius 3 is 2.49 bits per heavy atom. The maximum absolute atomic E-state index is 13.3. The summed E-state index contributed by atoms with van der Waals surface area (Å²) in [4.78, 5) is 17.6. The van der Waals surface area contributed by atoms with Gasteiger partial charge in [-0.1, -0.05) is 25.3 Å². The lowest BCUT2D eigenvalue weighted by atomic mass is 9.93. The number of amides is 1. The molecule has 0 radical (unpaired) electrons. The maximum atomic E-state index is 13.3. The number of benzene rings is 2. The highest BCUT2D eigenvalue weighted by atomic mass is 19.4. The van der Waals surface area contributed by atoms with Crippen LogP contribution in [-0.2, 0) is 0 Å². The Balaban J connectivity index is 1.48. The maximum Gasteiger partial charge on any atom is 0.425 e. The third kappa shape index (κ3) is 5.63. The second-order valence-corrected chi connectivity index (χ2v) is 10.4. The predicted molar refractivity (Wildman–Crippen MR) is 146 cm³/mol. The molecule has 0 bridgehead atoms. The van der Waals surface area contributed by atoms with Crippen LogP contribution in [0.25, 0.3) is 22.0 Å². The number of fused-ring (bicyclic) bond motifs is 1. The van der Waals surface area contributed by atoms with E-state index in [4.69, 9.17) is 10.5 Å². The van der Waals surface area contributed by atoms with Gasteiger partial charge in [0.1, 0.15) is 5.75 Å². The number of aromatic amines is 1. The summed E-state index contributed by atoms with van der Waals surface area (Å²) in [6.07, 6.45) is -0.188. The Morgan fingerprint density at radius 1 is 1.10 bits per heavy atom. The first-order chi connectivity index (χ1) is 18.7. The van der Waals surface area contributed by atoms with E-state index in [-0.39, 0.29) is 17.5 Å². The van der Waals surface area contributed by atoms with E-state index in [9.17, 15) is 18.0 Å². The number of alkyl halides is 3. The monoisotopic (exact) mass is 544 g/mol. The number of anilines is 2. The van der Waals surface area contributed by atoms with Crippen molar-refractivity contribution in [3.8, 4) is 16.9 Å². The zero-order valence-electron chi connectivity index (χ0n) is 22.3. The van der Waals surface area contributed by atoms with Crippen LogP contribution >= 0.6 is 0 Å². The van der Waals surface area contributed by atoms with Crippen molar-refractivity contribution in [3.63, 3.8) is 0 Å². The van der Waals surface area contributed by atoms with Crippen LogP contribution in [0.15, 0.2) is 30.3 Å². The van der Waals surface area contributed by atoms with E-state index in [1.54, 1.807) is 31.3 Å². The third-order valence-electron chi connectivity index (χ3n) is 7.97. The molecule has 0 spiro atoms. The van der Waals surface area contributed by atoms with E-state index in [2.05, 4.69) is 25.3 Å². The summed E-state index contributed by atoms with van der Waals surface area (Å²) in [6, 6.07) is 9.46. The normalized spacial score (nSPS) is 18.3. The van der Waals surface area contributed by atoms with Gasteiger partial charge in [-0.15, -0.1) is 0 Å². The number of hydrogen-bond donors (Lipinski definition) is 3. The van der Waals surface area contributed by atoms with Gasteiger partial charge in [0.25, 0.3) is 5.91 Å². The van der Waals surface area contributed by atoms with E-state index in [0.29, 0.717) is 28.1 Å². The van der Waals surface area contributed by atoms with Gasteiger partial charge in [0.05, 0.1) is 22.2 Å². The molecule has 39 heavy (non-hydrogen) atoms. The molecule has 5 rings (SSSR count). The second kappa shape index (κ2) is 11.0. The summed E-state index contributed by atoms with van der Waals surface area (Å²) in [5.74, 6) is -0.130. The second-order valence-electron chi connectivity index (χ2n) is 10.4. The summed E-state index contributed by atoms with van der Waals surface area (Å²) < 4.78 is 45.3. The van der Waals surface area contributed by atoms with Crippen LogP contribution in [0.4, 0.5) is 24.7 Å². The Morgan fingerprint density at radius 2 is 1.82 bits per heavy atom. The molecule has 1 aliphatic carbocycles. The first kappa shape index (κ1) is 27.1. The standard InChI is InChI=1S/C28H35F3N6O2/c1-17(28(29,30)31)39-24-16-19(14-22-25(24)26(32)35-34-22)18-8-9-21(27(38)33-2)23(15-18)37-12-10-36(11-13-37)20-6-4-3-5-7-20/h8-9,14-17,20H,3-7,10-13H2,1-2H3,(H,33,38)(H3,32,34,35). The molecule has 2 heterocycles. The van der Waals surface area contributed by atoms with E-state index in [1.165, 1.54) is 32.1 Å². The largest absolute Gasteiger partial charge is 0.480 e. The van der Waals surface area contributed by atoms with E-state index < -0.39 is 12.3 Å². The van der Waals surface area contributed by atoms with Gasteiger partial charge in [-0.05, 0) is 55.2 Å². The highest BCUT2D eigenvalue weighted by Crippen LogP contribution is 2.38. The fourth-order valence-corrected chi connectivity index (χ4v) is 5.73. The number of nitrogen functional groups attached to an aromatic ring is 1. The molecule has 3 aromatic rings. The molecule has 1 amide bonds. The van der Waals surface area contributed by atoms with Crippen LogP contribution < -0.4 is 20.7 Å². The molecular weight excluding hydrogens is 509 g/mol. The number of aromatic nitrogens is 2. The van der Waals surface area contributed by atoms with E-state index in [0.717, 1.165) is 44.4 Å². The van der Waals surface area contributed by atoms with Crippen LogP contribution in [0.1, 0.15) is 49.4 Å². The Bertz CT molecular complexity index is 1330. The van der Waals surface area contributed by atoms with E-state index in [1.807, 2.05) is 6.07 Å².